The van der Waals surface area contributed by atoms with Crippen LogP contribution in [-0.4, -0.2) is 17.4 Å². The number of nitrogen functional groups attached to an aromatic ring is 1. The number of rotatable bonds is 6. The summed E-state index contributed by atoms with van der Waals surface area (Å²) < 4.78 is 0. The van der Waals surface area contributed by atoms with E-state index in [-0.39, 0.29) is 11.9 Å². The summed E-state index contributed by atoms with van der Waals surface area (Å²) in [7, 11) is 0. The van der Waals surface area contributed by atoms with Crippen LogP contribution in [0.3, 0.4) is 0 Å². The van der Waals surface area contributed by atoms with Crippen molar-refractivity contribution in [3.63, 3.8) is 0 Å². The minimum absolute atomic E-state index is 0.0841. The largest absolute Gasteiger partial charge is 0.397 e. The van der Waals surface area contributed by atoms with Gasteiger partial charge in [0.05, 0.1) is 16.7 Å². The van der Waals surface area contributed by atoms with Crippen molar-refractivity contribution in [2.24, 2.45) is 0 Å². The lowest BCUT2D eigenvalue weighted by molar-refractivity contribution is 0.0963. The molecular weight excluding hydrogens is 284 g/mol. The average Bonchev–Trinajstić information content (AvgIpc) is 2.86. The molecule has 0 aliphatic rings. The van der Waals surface area contributed by atoms with Crippen LogP contribution in [0.5, 0.6) is 0 Å². The Morgan fingerprint density at radius 1 is 1.62 bits per heavy atom. The Labute approximate surface area is 127 Å². The molecule has 2 aromatic rings. The van der Waals surface area contributed by atoms with Gasteiger partial charge in [-0.25, -0.2) is 0 Å². The van der Waals surface area contributed by atoms with Gasteiger partial charge in [-0.2, -0.15) is 0 Å². The van der Waals surface area contributed by atoms with E-state index in [0.717, 1.165) is 10.6 Å². The Kier molecular flexibility index (Phi) is 4.94. The molecule has 0 saturated carbocycles. The zero-order valence-corrected chi connectivity index (χ0v) is 12.6. The molecule has 0 bridgehead atoms. The van der Waals surface area contributed by atoms with Crippen LogP contribution in [0.15, 0.2) is 43.2 Å². The van der Waals surface area contributed by atoms with Gasteiger partial charge in [0.2, 0.25) is 0 Å². The van der Waals surface area contributed by atoms with Crippen molar-refractivity contribution >= 4 is 27.9 Å². The molecule has 2 rings (SSSR count). The number of carbonyl (C=O) groups excluding carboxylic acids is 1. The van der Waals surface area contributed by atoms with Gasteiger partial charge in [0.1, 0.15) is 4.88 Å². The Morgan fingerprint density at radius 2 is 2.43 bits per heavy atom. The number of pyridine rings is 1. The summed E-state index contributed by atoms with van der Waals surface area (Å²) in [6.45, 7) is 6.02. The van der Waals surface area contributed by atoms with Gasteiger partial charge < -0.3 is 16.4 Å². The second kappa shape index (κ2) is 6.90. The highest BCUT2D eigenvalue weighted by atomic mass is 32.1. The minimum Gasteiger partial charge on any atom is -0.397 e. The van der Waals surface area contributed by atoms with E-state index in [2.05, 4.69) is 22.2 Å². The molecule has 1 amide bonds. The molecule has 0 aliphatic heterocycles. The molecule has 2 aromatic heterocycles. The van der Waals surface area contributed by atoms with Gasteiger partial charge in [-0.15, -0.1) is 17.9 Å². The van der Waals surface area contributed by atoms with Crippen LogP contribution in [0.2, 0.25) is 0 Å². The number of anilines is 2. The standard InChI is InChI=1S/C15H18N4OS/c1-3-6-18-15(20)14-12(16)8-13(21-14)19-10(2)11-5-4-7-17-9-11/h3-5,7-10,19H,1,6,16H2,2H3,(H,18,20). The topological polar surface area (TPSA) is 80.0 Å². The number of aromatic nitrogens is 1. The van der Waals surface area contributed by atoms with Crippen molar-refractivity contribution < 1.29 is 4.79 Å². The summed E-state index contributed by atoms with van der Waals surface area (Å²) >= 11 is 1.34. The third-order valence-electron chi connectivity index (χ3n) is 2.92. The zero-order valence-electron chi connectivity index (χ0n) is 11.8. The lowest BCUT2D eigenvalue weighted by atomic mass is 10.1. The Bertz CT molecular complexity index is 624. The summed E-state index contributed by atoms with van der Waals surface area (Å²) in [5, 5.41) is 6.91. The second-order valence-corrected chi connectivity index (χ2v) is 5.60. The van der Waals surface area contributed by atoms with Crippen molar-refractivity contribution in [3.05, 3.63) is 53.7 Å². The molecule has 0 aliphatic carbocycles. The quantitative estimate of drug-likeness (QED) is 0.717. The molecule has 0 spiro atoms. The van der Waals surface area contributed by atoms with E-state index in [9.17, 15) is 4.79 Å². The third-order valence-corrected chi connectivity index (χ3v) is 4.00. The van der Waals surface area contributed by atoms with Crippen LogP contribution >= 0.6 is 11.3 Å². The maximum atomic E-state index is 11.9. The van der Waals surface area contributed by atoms with Crippen molar-refractivity contribution in [3.8, 4) is 0 Å². The smallest absolute Gasteiger partial charge is 0.263 e. The van der Waals surface area contributed by atoms with Gasteiger partial charge in [-0.1, -0.05) is 12.1 Å². The number of nitrogens with zero attached hydrogens (tertiary/aromatic N) is 1. The number of hydrogen-bond donors (Lipinski definition) is 3. The molecule has 4 N–H and O–H groups in total. The number of carbonyl (C=O) groups is 1. The fraction of sp³-hybridized carbons (Fsp3) is 0.200. The lowest BCUT2D eigenvalue weighted by Gasteiger charge is -2.13. The third kappa shape index (κ3) is 3.82. The molecule has 1 atom stereocenters. The Morgan fingerprint density at radius 3 is 3.10 bits per heavy atom. The van der Waals surface area contributed by atoms with Crippen LogP contribution in [0.1, 0.15) is 28.2 Å². The molecule has 5 nitrogen and oxygen atoms in total. The van der Waals surface area contributed by atoms with E-state index in [0.29, 0.717) is 17.1 Å². The molecule has 6 heteroatoms. The number of thiophene rings is 1. The molecular formula is C15H18N4OS. The van der Waals surface area contributed by atoms with E-state index >= 15 is 0 Å². The van der Waals surface area contributed by atoms with E-state index in [4.69, 9.17) is 5.73 Å². The van der Waals surface area contributed by atoms with Crippen molar-refractivity contribution in [2.45, 2.75) is 13.0 Å². The highest BCUT2D eigenvalue weighted by Crippen LogP contribution is 2.31. The molecule has 0 fully saturated rings. The second-order valence-electron chi connectivity index (χ2n) is 4.55. The fourth-order valence-corrected chi connectivity index (χ4v) is 2.81. The molecule has 2 heterocycles. The molecule has 0 saturated heterocycles. The highest BCUT2D eigenvalue weighted by molar-refractivity contribution is 7.18. The van der Waals surface area contributed by atoms with Gasteiger partial charge in [0.15, 0.2) is 0 Å². The first-order valence-electron chi connectivity index (χ1n) is 6.56. The van der Waals surface area contributed by atoms with Crippen molar-refractivity contribution in [1.29, 1.82) is 0 Å². The maximum Gasteiger partial charge on any atom is 0.263 e. The van der Waals surface area contributed by atoms with Crippen LogP contribution in [0, 0.1) is 0 Å². The summed E-state index contributed by atoms with van der Waals surface area (Å²) in [5.41, 5.74) is 7.45. The first kappa shape index (κ1) is 15.1. The molecule has 21 heavy (non-hydrogen) atoms. The summed E-state index contributed by atoms with van der Waals surface area (Å²) in [4.78, 5) is 16.5. The molecule has 110 valence electrons. The first-order valence-corrected chi connectivity index (χ1v) is 7.38. The van der Waals surface area contributed by atoms with E-state index < -0.39 is 0 Å². The van der Waals surface area contributed by atoms with Crippen LogP contribution < -0.4 is 16.4 Å². The van der Waals surface area contributed by atoms with Crippen LogP contribution in [-0.2, 0) is 0 Å². The van der Waals surface area contributed by atoms with Crippen molar-refractivity contribution in [1.82, 2.24) is 10.3 Å². The summed E-state index contributed by atoms with van der Waals surface area (Å²) in [5.74, 6) is -0.181. The normalized spacial score (nSPS) is 11.7. The Hall–Kier alpha value is -2.34. The van der Waals surface area contributed by atoms with Crippen LogP contribution in [0.4, 0.5) is 10.7 Å². The SMILES string of the molecule is C=CCNC(=O)c1sc(NC(C)c2cccnc2)cc1N. The zero-order chi connectivity index (χ0) is 15.2. The fourth-order valence-electron chi connectivity index (χ4n) is 1.83. The number of hydrogen-bond acceptors (Lipinski definition) is 5. The Balaban J connectivity index is 2.08. The highest BCUT2D eigenvalue weighted by Gasteiger charge is 2.15. The van der Waals surface area contributed by atoms with Gasteiger partial charge in [-0.3, -0.25) is 9.78 Å². The average molecular weight is 302 g/mol. The number of amides is 1. The maximum absolute atomic E-state index is 11.9. The van der Waals surface area contributed by atoms with E-state index in [1.165, 1.54) is 11.3 Å². The van der Waals surface area contributed by atoms with Gasteiger partial charge >= 0.3 is 0 Å². The summed E-state index contributed by atoms with van der Waals surface area (Å²) in [6, 6.07) is 5.75. The summed E-state index contributed by atoms with van der Waals surface area (Å²) in [6.07, 6.45) is 5.18. The first-order chi connectivity index (χ1) is 10.1. The monoisotopic (exact) mass is 302 g/mol. The van der Waals surface area contributed by atoms with Crippen molar-refractivity contribution in [2.75, 3.05) is 17.6 Å². The minimum atomic E-state index is -0.181. The predicted octanol–water partition coefficient (Wildman–Crippen LogP) is 2.81. The van der Waals surface area contributed by atoms with Gasteiger partial charge in [0, 0.05) is 18.9 Å². The van der Waals surface area contributed by atoms with Gasteiger partial charge in [-0.05, 0) is 24.6 Å². The van der Waals surface area contributed by atoms with Crippen LogP contribution in [0.25, 0.3) is 0 Å². The number of nitrogens with one attached hydrogen (secondary N) is 2. The van der Waals surface area contributed by atoms with E-state index in [1.807, 2.05) is 25.3 Å². The molecule has 0 aromatic carbocycles. The van der Waals surface area contributed by atoms with E-state index in [1.54, 1.807) is 18.3 Å². The molecule has 0 radical (unpaired) electrons. The lowest BCUT2D eigenvalue weighted by Crippen LogP contribution is -2.22. The molecule has 1 unspecified atom stereocenters. The van der Waals surface area contributed by atoms with Gasteiger partial charge in [0.25, 0.3) is 5.91 Å². The number of nitrogens with two attached hydrogens (primary N) is 1. The predicted molar refractivity (Wildman–Crippen MR) is 87.5 cm³/mol.